The molecule has 0 bridgehead atoms. The Kier molecular flexibility index (Phi) is 4.57. The molecule has 0 fully saturated rings. The molecule has 2 rings (SSSR count). The monoisotopic (exact) mass is 294 g/mol. The van der Waals surface area contributed by atoms with Crippen LogP contribution < -0.4 is 10.5 Å². The first kappa shape index (κ1) is 14.7. The molecule has 1 aromatic rings. The van der Waals surface area contributed by atoms with E-state index < -0.39 is 10.0 Å². The number of primary sulfonamides is 1. The fourth-order valence-electron chi connectivity index (χ4n) is 2.17. The van der Waals surface area contributed by atoms with Crippen LogP contribution in [0.1, 0.15) is 24.8 Å². The summed E-state index contributed by atoms with van der Waals surface area (Å²) in [4.78, 5) is 11.8. The highest BCUT2D eigenvalue weighted by atomic mass is 32.2. The topological polar surface area (TPSA) is 89.3 Å². The third kappa shape index (κ3) is 4.18. The zero-order valence-electron chi connectivity index (χ0n) is 11.1. The minimum Gasteiger partial charge on any atom is -0.352 e. The first-order valence-corrected chi connectivity index (χ1v) is 8.05. The molecule has 1 atom stereocenters. The molecule has 1 aromatic carbocycles. The molecule has 0 radical (unpaired) electrons. The van der Waals surface area contributed by atoms with Crippen molar-refractivity contribution in [2.45, 2.75) is 30.7 Å². The van der Waals surface area contributed by atoms with Crippen molar-refractivity contribution in [3.05, 3.63) is 42.0 Å². The van der Waals surface area contributed by atoms with Crippen molar-refractivity contribution < 1.29 is 13.2 Å². The Bertz CT molecular complexity index is 606. The third-order valence-electron chi connectivity index (χ3n) is 3.30. The van der Waals surface area contributed by atoms with Gasteiger partial charge in [-0.05, 0) is 36.5 Å². The molecule has 0 saturated heterocycles. The van der Waals surface area contributed by atoms with E-state index in [-0.39, 0.29) is 10.8 Å². The zero-order chi connectivity index (χ0) is 14.6. The largest absolute Gasteiger partial charge is 0.352 e. The average molecular weight is 294 g/mol. The summed E-state index contributed by atoms with van der Waals surface area (Å²) in [5, 5.41) is 7.85. The molecule has 3 N–H and O–H groups in total. The molecule has 1 aliphatic rings. The summed E-state index contributed by atoms with van der Waals surface area (Å²) in [5.74, 6) is 0.358. The van der Waals surface area contributed by atoms with Crippen molar-refractivity contribution in [1.82, 2.24) is 5.32 Å². The Labute approximate surface area is 118 Å². The van der Waals surface area contributed by atoms with Crippen LogP contribution in [0.5, 0.6) is 0 Å². The lowest BCUT2D eigenvalue weighted by Gasteiger charge is -2.09. The highest BCUT2D eigenvalue weighted by Gasteiger charge is 2.13. The van der Waals surface area contributed by atoms with Crippen LogP contribution in [0.4, 0.5) is 0 Å². The van der Waals surface area contributed by atoms with E-state index in [0.29, 0.717) is 18.9 Å². The number of benzene rings is 1. The van der Waals surface area contributed by atoms with E-state index in [1.807, 2.05) is 0 Å². The number of hydrogen-bond donors (Lipinski definition) is 2. The van der Waals surface area contributed by atoms with Gasteiger partial charge < -0.3 is 5.32 Å². The van der Waals surface area contributed by atoms with Crippen molar-refractivity contribution in [2.75, 3.05) is 0 Å². The van der Waals surface area contributed by atoms with Gasteiger partial charge in [0.25, 0.3) is 0 Å². The lowest BCUT2D eigenvalue weighted by molar-refractivity contribution is -0.121. The second-order valence-corrected chi connectivity index (χ2v) is 6.50. The van der Waals surface area contributed by atoms with Crippen LogP contribution in [0.2, 0.25) is 0 Å². The summed E-state index contributed by atoms with van der Waals surface area (Å²) in [5.41, 5.74) is 0.840. The van der Waals surface area contributed by atoms with Gasteiger partial charge in [0, 0.05) is 13.0 Å². The fourth-order valence-corrected chi connectivity index (χ4v) is 2.69. The second-order valence-electron chi connectivity index (χ2n) is 4.94. The number of sulfonamides is 1. The molecule has 0 spiro atoms. The van der Waals surface area contributed by atoms with Gasteiger partial charge in [-0.15, -0.1) is 0 Å². The van der Waals surface area contributed by atoms with Crippen LogP contribution in [0, 0.1) is 5.92 Å². The number of nitrogens with one attached hydrogen (secondary N) is 1. The maximum atomic E-state index is 11.7. The molecule has 0 saturated carbocycles. The number of amides is 1. The molecule has 1 unspecified atom stereocenters. The summed E-state index contributed by atoms with van der Waals surface area (Å²) in [6, 6.07) is 6.18. The molecular formula is C14H18N2O3S. The van der Waals surface area contributed by atoms with Crippen molar-refractivity contribution in [3.8, 4) is 0 Å². The maximum absolute atomic E-state index is 11.7. The fraction of sp³-hybridized carbons (Fsp3) is 0.357. The summed E-state index contributed by atoms with van der Waals surface area (Å²) < 4.78 is 22.2. The third-order valence-corrected chi connectivity index (χ3v) is 4.23. The Balaban J connectivity index is 1.84. The number of nitrogens with two attached hydrogens (primary N) is 1. The van der Waals surface area contributed by atoms with Gasteiger partial charge in [-0.25, -0.2) is 13.6 Å². The van der Waals surface area contributed by atoms with Crippen LogP contribution in [-0.4, -0.2) is 14.3 Å². The molecule has 5 nitrogen and oxygen atoms in total. The standard InChI is InChI=1S/C14H18N2O3S/c15-20(18,19)13-7-5-12(6-8-13)10-16-14(17)9-11-3-1-2-4-11/h1,3,5-8,11H,2,4,9-10H2,(H,16,17)(H2,15,18,19). The van der Waals surface area contributed by atoms with E-state index in [4.69, 9.17) is 5.14 Å². The second kappa shape index (κ2) is 6.19. The van der Waals surface area contributed by atoms with Gasteiger partial charge in [0.1, 0.15) is 0 Å². The van der Waals surface area contributed by atoms with E-state index in [1.54, 1.807) is 12.1 Å². The Hall–Kier alpha value is -1.66. The Morgan fingerprint density at radius 3 is 2.55 bits per heavy atom. The van der Waals surface area contributed by atoms with Gasteiger partial charge in [-0.2, -0.15) is 0 Å². The van der Waals surface area contributed by atoms with Crippen LogP contribution in [0.25, 0.3) is 0 Å². The van der Waals surface area contributed by atoms with E-state index in [1.165, 1.54) is 12.1 Å². The molecule has 0 heterocycles. The summed E-state index contributed by atoms with van der Waals surface area (Å²) in [6.45, 7) is 0.389. The zero-order valence-corrected chi connectivity index (χ0v) is 11.9. The van der Waals surface area contributed by atoms with Gasteiger partial charge >= 0.3 is 0 Å². The Morgan fingerprint density at radius 1 is 1.30 bits per heavy atom. The lowest BCUT2D eigenvalue weighted by atomic mass is 10.1. The molecule has 6 heteroatoms. The maximum Gasteiger partial charge on any atom is 0.238 e. The first-order chi connectivity index (χ1) is 9.45. The highest BCUT2D eigenvalue weighted by Crippen LogP contribution is 2.20. The normalized spacial score (nSPS) is 18.1. The van der Waals surface area contributed by atoms with E-state index in [2.05, 4.69) is 17.5 Å². The van der Waals surface area contributed by atoms with Gasteiger partial charge in [0.2, 0.25) is 15.9 Å². The molecule has 0 aliphatic heterocycles. The molecule has 108 valence electrons. The smallest absolute Gasteiger partial charge is 0.238 e. The summed E-state index contributed by atoms with van der Waals surface area (Å²) in [6.07, 6.45) is 6.78. The molecular weight excluding hydrogens is 276 g/mol. The first-order valence-electron chi connectivity index (χ1n) is 6.50. The van der Waals surface area contributed by atoms with Gasteiger partial charge in [-0.3, -0.25) is 4.79 Å². The van der Waals surface area contributed by atoms with Crippen LogP contribution >= 0.6 is 0 Å². The number of rotatable bonds is 5. The average Bonchev–Trinajstić information content (AvgIpc) is 2.88. The minimum absolute atomic E-state index is 0.0112. The van der Waals surface area contributed by atoms with E-state index >= 15 is 0 Å². The predicted octanol–water partition coefficient (Wildman–Crippen LogP) is 1.31. The van der Waals surface area contributed by atoms with Crippen molar-refractivity contribution >= 4 is 15.9 Å². The van der Waals surface area contributed by atoms with E-state index in [0.717, 1.165) is 18.4 Å². The molecule has 20 heavy (non-hydrogen) atoms. The SMILES string of the molecule is NS(=O)(=O)c1ccc(CNC(=O)CC2C=CCC2)cc1. The number of hydrogen-bond acceptors (Lipinski definition) is 3. The number of carbonyl (C=O) groups excluding carboxylic acids is 1. The predicted molar refractivity (Wildman–Crippen MR) is 76.1 cm³/mol. The summed E-state index contributed by atoms with van der Waals surface area (Å²) >= 11 is 0. The lowest BCUT2D eigenvalue weighted by Crippen LogP contribution is -2.24. The quantitative estimate of drug-likeness (QED) is 0.802. The van der Waals surface area contributed by atoms with E-state index in [9.17, 15) is 13.2 Å². The van der Waals surface area contributed by atoms with Crippen molar-refractivity contribution in [1.29, 1.82) is 0 Å². The molecule has 1 aliphatic carbocycles. The van der Waals surface area contributed by atoms with Crippen LogP contribution in [-0.2, 0) is 21.4 Å². The minimum atomic E-state index is -3.66. The highest BCUT2D eigenvalue weighted by molar-refractivity contribution is 7.89. The van der Waals surface area contributed by atoms with Crippen LogP contribution in [0.3, 0.4) is 0 Å². The van der Waals surface area contributed by atoms with Crippen LogP contribution in [0.15, 0.2) is 41.3 Å². The van der Waals surface area contributed by atoms with Gasteiger partial charge in [-0.1, -0.05) is 24.3 Å². The summed E-state index contributed by atoms with van der Waals surface area (Å²) in [7, 11) is -3.66. The van der Waals surface area contributed by atoms with Gasteiger partial charge in [0.15, 0.2) is 0 Å². The molecule has 1 amide bonds. The Morgan fingerprint density at radius 2 is 2.00 bits per heavy atom. The van der Waals surface area contributed by atoms with Gasteiger partial charge in [0.05, 0.1) is 4.90 Å². The number of carbonyl (C=O) groups is 1. The number of allylic oxidation sites excluding steroid dienone is 2. The molecule has 0 aromatic heterocycles. The van der Waals surface area contributed by atoms with Crippen molar-refractivity contribution in [3.63, 3.8) is 0 Å². The van der Waals surface area contributed by atoms with Crippen molar-refractivity contribution in [2.24, 2.45) is 11.1 Å².